The topological polar surface area (TPSA) is 96.9 Å². The summed E-state index contributed by atoms with van der Waals surface area (Å²) < 4.78 is 19.8. The molecule has 2 aromatic rings. The van der Waals surface area contributed by atoms with Crippen LogP contribution in [0.4, 0.5) is 10.3 Å². The quantitative estimate of drug-likeness (QED) is 0.435. The highest BCUT2D eigenvalue weighted by atomic mass is 35.5. The Morgan fingerprint density at radius 3 is 2.86 bits per heavy atom. The van der Waals surface area contributed by atoms with Crippen LogP contribution in [0.5, 0.6) is 5.88 Å². The standard InChI is InChI=1S/C18H22ClFN6O2S/c1-10-7-26(17-22-11(2)14(20)15(23-17)28-4)8-18(10,12-5-6-13(19)29-12)24-16(21)25(3)9-27/h5-6,9-10H,7-8H2,1-4H3,(H2,21,24)/t10-,18+/m1/s1. The van der Waals surface area contributed by atoms with Crippen LogP contribution >= 0.6 is 22.9 Å². The van der Waals surface area contributed by atoms with E-state index in [4.69, 9.17) is 27.1 Å². The zero-order chi connectivity index (χ0) is 21.3. The van der Waals surface area contributed by atoms with Gasteiger partial charge in [0, 0.05) is 24.4 Å². The van der Waals surface area contributed by atoms with Gasteiger partial charge >= 0.3 is 0 Å². The van der Waals surface area contributed by atoms with Crippen LogP contribution in [-0.2, 0) is 10.3 Å². The number of nitrogens with two attached hydrogens (primary N) is 1. The van der Waals surface area contributed by atoms with E-state index in [2.05, 4.69) is 9.97 Å². The molecule has 3 rings (SSSR count). The molecule has 1 fully saturated rings. The van der Waals surface area contributed by atoms with Crippen LogP contribution in [0.3, 0.4) is 0 Å². The van der Waals surface area contributed by atoms with Crippen LogP contribution in [0.2, 0.25) is 4.34 Å². The molecule has 0 saturated carbocycles. The van der Waals surface area contributed by atoms with Crippen molar-refractivity contribution in [1.82, 2.24) is 14.9 Å². The lowest BCUT2D eigenvalue weighted by Crippen LogP contribution is -2.40. The highest BCUT2D eigenvalue weighted by Gasteiger charge is 2.48. The van der Waals surface area contributed by atoms with Crippen molar-refractivity contribution < 1.29 is 13.9 Å². The number of aryl methyl sites for hydroxylation is 1. The Hall–Kier alpha value is -2.46. The van der Waals surface area contributed by atoms with Crippen molar-refractivity contribution in [2.45, 2.75) is 19.4 Å². The second-order valence-corrected chi connectivity index (χ2v) is 8.64. The summed E-state index contributed by atoms with van der Waals surface area (Å²) in [4.78, 5) is 28.4. The number of nitrogens with zero attached hydrogens (tertiary/aromatic N) is 5. The van der Waals surface area contributed by atoms with Crippen molar-refractivity contribution in [2.24, 2.45) is 16.6 Å². The average molecular weight is 441 g/mol. The van der Waals surface area contributed by atoms with E-state index < -0.39 is 11.4 Å². The van der Waals surface area contributed by atoms with Gasteiger partial charge in [-0.15, -0.1) is 11.3 Å². The molecule has 0 unspecified atom stereocenters. The fourth-order valence-corrected chi connectivity index (χ4v) is 4.63. The molecule has 0 radical (unpaired) electrons. The molecule has 1 aliphatic rings. The number of aliphatic imine (C=N–C) groups is 1. The number of anilines is 1. The van der Waals surface area contributed by atoms with Gasteiger partial charge in [-0.25, -0.2) is 9.98 Å². The predicted molar refractivity (Wildman–Crippen MR) is 111 cm³/mol. The fraction of sp³-hybridized carbons (Fsp3) is 0.444. The van der Waals surface area contributed by atoms with E-state index in [1.54, 1.807) is 13.0 Å². The number of methoxy groups -OCH3 is 1. The van der Waals surface area contributed by atoms with Gasteiger partial charge in [0.15, 0.2) is 5.96 Å². The lowest BCUT2D eigenvalue weighted by atomic mass is 9.87. The molecule has 11 heteroatoms. The van der Waals surface area contributed by atoms with E-state index in [0.717, 1.165) is 4.88 Å². The summed E-state index contributed by atoms with van der Waals surface area (Å²) in [5, 5.41) is 0. The first kappa shape index (κ1) is 21.3. The van der Waals surface area contributed by atoms with Crippen molar-refractivity contribution in [1.29, 1.82) is 0 Å². The molecule has 29 heavy (non-hydrogen) atoms. The normalized spacial score (nSPS) is 22.1. The van der Waals surface area contributed by atoms with Crippen LogP contribution < -0.4 is 15.4 Å². The van der Waals surface area contributed by atoms with Crippen LogP contribution in [0.25, 0.3) is 0 Å². The van der Waals surface area contributed by atoms with Crippen LogP contribution in [0.15, 0.2) is 17.1 Å². The number of carbonyl (C=O) groups excluding carboxylic acids is 1. The zero-order valence-electron chi connectivity index (χ0n) is 16.5. The van der Waals surface area contributed by atoms with Gasteiger partial charge in [0.1, 0.15) is 5.54 Å². The molecule has 3 heterocycles. The Bertz CT molecular complexity index is 954. The first-order valence-electron chi connectivity index (χ1n) is 8.84. The number of amides is 1. The maximum absolute atomic E-state index is 14.1. The molecule has 1 saturated heterocycles. The van der Waals surface area contributed by atoms with Crippen molar-refractivity contribution >= 4 is 41.3 Å². The largest absolute Gasteiger partial charge is 0.479 e. The van der Waals surface area contributed by atoms with Gasteiger partial charge in [-0.1, -0.05) is 18.5 Å². The minimum atomic E-state index is -0.766. The minimum Gasteiger partial charge on any atom is -0.479 e. The van der Waals surface area contributed by atoms with E-state index in [0.29, 0.717) is 29.8 Å². The zero-order valence-corrected chi connectivity index (χ0v) is 18.1. The molecule has 1 amide bonds. The second kappa shape index (κ2) is 8.11. The van der Waals surface area contributed by atoms with E-state index in [1.165, 1.54) is 30.4 Å². The number of hydrogen-bond donors (Lipinski definition) is 1. The van der Waals surface area contributed by atoms with Crippen LogP contribution in [-0.4, -0.2) is 54.5 Å². The summed E-state index contributed by atoms with van der Waals surface area (Å²) >= 11 is 7.58. The number of guanidine groups is 1. The van der Waals surface area contributed by atoms with E-state index in [9.17, 15) is 9.18 Å². The molecule has 156 valence electrons. The first-order chi connectivity index (χ1) is 13.7. The SMILES string of the molecule is COc1nc(N2C[C@@H](C)[C@](N=C(N)N(C)C=O)(c3ccc(Cl)s3)C2)nc(C)c1F. The summed E-state index contributed by atoms with van der Waals surface area (Å²) in [7, 11) is 2.90. The number of hydrogen-bond acceptors (Lipinski definition) is 7. The van der Waals surface area contributed by atoms with Crippen LogP contribution in [0, 0.1) is 18.7 Å². The first-order valence-corrected chi connectivity index (χ1v) is 10.0. The number of halogens is 2. The predicted octanol–water partition coefficient (Wildman–Crippen LogP) is 2.40. The number of thiophene rings is 1. The van der Waals surface area contributed by atoms with Gasteiger partial charge in [-0.05, 0) is 19.1 Å². The molecule has 2 N–H and O–H groups in total. The minimum absolute atomic E-state index is 0.0178. The summed E-state index contributed by atoms with van der Waals surface area (Å²) in [6.07, 6.45) is 0.600. The third kappa shape index (κ3) is 3.86. The lowest BCUT2D eigenvalue weighted by Gasteiger charge is -2.29. The van der Waals surface area contributed by atoms with Crippen molar-refractivity contribution in [3.8, 4) is 5.88 Å². The van der Waals surface area contributed by atoms with Crippen molar-refractivity contribution in [3.05, 3.63) is 32.9 Å². The van der Waals surface area contributed by atoms with E-state index >= 15 is 0 Å². The highest BCUT2D eigenvalue weighted by Crippen LogP contribution is 2.45. The van der Waals surface area contributed by atoms with Crippen LogP contribution in [0.1, 0.15) is 17.5 Å². The molecule has 1 aliphatic heterocycles. The molecule has 0 aliphatic carbocycles. The summed E-state index contributed by atoms with van der Waals surface area (Å²) in [6.45, 7) is 4.51. The monoisotopic (exact) mass is 440 g/mol. The molecule has 0 bridgehead atoms. The van der Waals surface area contributed by atoms with Gasteiger partial charge in [0.05, 0.1) is 23.7 Å². The summed E-state index contributed by atoms with van der Waals surface area (Å²) in [5.74, 6) is -0.285. The van der Waals surface area contributed by atoms with Gasteiger partial charge in [0.2, 0.25) is 18.2 Å². The molecule has 8 nitrogen and oxygen atoms in total. The summed E-state index contributed by atoms with van der Waals surface area (Å²) in [5.41, 5.74) is 5.50. The van der Waals surface area contributed by atoms with E-state index in [-0.39, 0.29) is 23.5 Å². The Kier molecular flexibility index (Phi) is 5.95. The third-order valence-electron chi connectivity index (χ3n) is 5.03. The lowest BCUT2D eigenvalue weighted by molar-refractivity contribution is -0.114. The van der Waals surface area contributed by atoms with Crippen molar-refractivity contribution in [2.75, 3.05) is 32.1 Å². The number of aromatic nitrogens is 2. The molecule has 2 atom stereocenters. The molecule has 2 aromatic heterocycles. The van der Waals surface area contributed by atoms with Gasteiger partial charge in [-0.3, -0.25) is 9.69 Å². The van der Waals surface area contributed by atoms with E-state index in [1.807, 2.05) is 17.9 Å². The van der Waals surface area contributed by atoms with Gasteiger partial charge in [-0.2, -0.15) is 9.37 Å². The maximum Gasteiger partial charge on any atom is 0.255 e. The molecular formula is C18H22ClFN6O2S. The number of rotatable bonds is 5. The molecule has 0 aromatic carbocycles. The third-order valence-corrected chi connectivity index (χ3v) is 6.42. The second-order valence-electron chi connectivity index (χ2n) is 6.93. The Balaban J connectivity index is 2.07. The highest BCUT2D eigenvalue weighted by molar-refractivity contribution is 7.16. The Morgan fingerprint density at radius 2 is 2.28 bits per heavy atom. The van der Waals surface area contributed by atoms with Gasteiger partial charge < -0.3 is 15.4 Å². The summed E-state index contributed by atoms with van der Waals surface area (Å²) in [6, 6.07) is 3.71. The molecular weight excluding hydrogens is 419 g/mol. The molecule has 0 spiro atoms. The maximum atomic E-state index is 14.1. The number of ether oxygens (including phenoxy) is 1. The average Bonchev–Trinajstić information content (AvgIpc) is 3.27. The fourth-order valence-electron chi connectivity index (χ4n) is 3.35. The Labute approximate surface area is 177 Å². The van der Waals surface area contributed by atoms with Gasteiger partial charge in [0.25, 0.3) is 5.88 Å². The number of carbonyl (C=O) groups is 1. The smallest absolute Gasteiger partial charge is 0.255 e. The van der Waals surface area contributed by atoms with Crippen molar-refractivity contribution in [3.63, 3.8) is 0 Å². The Morgan fingerprint density at radius 1 is 1.55 bits per heavy atom.